The highest BCUT2D eigenvalue weighted by Gasteiger charge is 2.06. The predicted molar refractivity (Wildman–Crippen MR) is 87.7 cm³/mol. The van der Waals surface area contributed by atoms with E-state index in [-0.39, 0.29) is 11.8 Å². The third kappa shape index (κ3) is 4.49. The summed E-state index contributed by atoms with van der Waals surface area (Å²) in [5.41, 5.74) is 2.51. The summed E-state index contributed by atoms with van der Waals surface area (Å²) in [5, 5.41) is 15.1. The van der Waals surface area contributed by atoms with Crippen molar-refractivity contribution in [3.8, 4) is 5.75 Å². The van der Waals surface area contributed by atoms with Crippen LogP contribution in [0.4, 0.5) is 10.5 Å². The van der Waals surface area contributed by atoms with E-state index in [1.807, 2.05) is 31.2 Å². The second-order valence-electron chi connectivity index (χ2n) is 4.74. The van der Waals surface area contributed by atoms with Gasteiger partial charge in [-0.05, 0) is 42.7 Å². The summed E-state index contributed by atoms with van der Waals surface area (Å²) in [5.74, 6) is 0.0570. The van der Waals surface area contributed by atoms with Crippen LogP contribution in [0.15, 0.2) is 46.9 Å². The Balaban J connectivity index is 1.85. The van der Waals surface area contributed by atoms with Crippen LogP contribution in [0.2, 0.25) is 0 Å². The molecule has 0 aliphatic heterocycles. The smallest absolute Gasteiger partial charge is 0.319 e. The van der Waals surface area contributed by atoms with Crippen molar-refractivity contribution in [1.82, 2.24) is 5.32 Å². The lowest BCUT2D eigenvalue weighted by Crippen LogP contribution is -2.30. The molecule has 0 bridgehead atoms. The van der Waals surface area contributed by atoms with Crippen LogP contribution >= 0.6 is 15.9 Å². The molecule has 0 aromatic heterocycles. The zero-order chi connectivity index (χ0) is 15.2. The summed E-state index contributed by atoms with van der Waals surface area (Å²) in [6.45, 7) is 2.41. The van der Waals surface area contributed by atoms with E-state index in [0.717, 1.165) is 22.0 Å². The van der Waals surface area contributed by atoms with Crippen LogP contribution < -0.4 is 10.6 Å². The first-order valence-corrected chi connectivity index (χ1v) is 7.43. The number of anilines is 1. The Morgan fingerprint density at radius 1 is 1.24 bits per heavy atom. The molecule has 2 aromatic carbocycles. The molecule has 0 aliphatic carbocycles. The lowest BCUT2D eigenvalue weighted by Gasteiger charge is -2.10. The Morgan fingerprint density at radius 3 is 2.76 bits per heavy atom. The molecule has 2 aromatic rings. The summed E-state index contributed by atoms with van der Waals surface area (Å²) in [6.07, 6.45) is 0.731. The molecule has 3 N–H and O–H groups in total. The van der Waals surface area contributed by atoms with Crippen LogP contribution in [0.1, 0.15) is 11.1 Å². The highest BCUT2D eigenvalue weighted by atomic mass is 79.9. The molecule has 0 unspecified atom stereocenters. The van der Waals surface area contributed by atoms with Crippen LogP contribution in [-0.4, -0.2) is 17.7 Å². The molecule has 0 radical (unpaired) electrons. The van der Waals surface area contributed by atoms with Gasteiger partial charge in [0.15, 0.2) is 0 Å². The summed E-state index contributed by atoms with van der Waals surface area (Å²) in [6, 6.07) is 12.6. The number of nitrogens with one attached hydrogen (secondary N) is 2. The number of phenolic OH excluding ortho intramolecular Hbond substituents is 1. The fourth-order valence-electron chi connectivity index (χ4n) is 1.93. The number of carbonyl (C=O) groups excluding carboxylic acids is 1. The SMILES string of the molecule is Cc1ccc(O)c(NC(=O)NCCc2ccccc2Br)c1. The Labute approximate surface area is 132 Å². The van der Waals surface area contributed by atoms with Crippen LogP contribution in [0.25, 0.3) is 0 Å². The van der Waals surface area contributed by atoms with Crippen molar-refractivity contribution in [3.63, 3.8) is 0 Å². The van der Waals surface area contributed by atoms with Gasteiger partial charge in [-0.15, -0.1) is 0 Å². The quantitative estimate of drug-likeness (QED) is 0.735. The Hall–Kier alpha value is -2.01. The Kier molecular flexibility index (Phi) is 5.22. The van der Waals surface area contributed by atoms with Gasteiger partial charge in [-0.3, -0.25) is 0 Å². The van der Waals surface area contributed by atoms with Crippen LogP contribution in [0.5, 0.6) is 5.75 Å². The fourth-order valence-corrected chi connectivity index (χ4v) is 2.41. The molecule has 0 fully saturated rings. The maximum Gasteiger partial charge on any atom is 0.319 e. The monoisotopic (exact) mass is 348 g/mol. The number of carbonyl (C=O) groups is 1. The van der Waals surface area contributed by atoms with Gasteiger partial charge in [-0.1, -0.05) is 40.2 Å². The van der Waals surface area contributed by atoms with Gasteiger partial charge in [0.25, 0.3) is 0 Å². The van der Waals surface area contributed by atoms with E-state index in [1.54, 1.807) is 18.2 Å². The molecule has 5 heteroatoms. The number of amides is 2. The van der Waals surface area contributed by atoms with Crippen molar-refractivity contribution in [1.29, 1.82) is 0 Å². The van der Waals surface area contributed by atoms with Gasteiger partial charge in [0, 0.05) is 11.0 Å². The van der Waals surface area contributed by atoms with Crippen LogP contribution in [0, 0.1) is 6.92 Å². The van der Waals surface area contributed by atoms with Gasteiger partial charge in [0.05, 0.1) is 5.69 Å². The number of phenols is 1. The standard InChI is InChI=1S/C16H17BrN2O2/c1-11-6-7-15(20)14(10-11)19-16(21)18-9-8-12-4-2-3-5-13(12)17/h2-7,10,20H,8-9H2,1H3,(H2,18,19,21). The minimum absolute atomic E-state index is 0.0570. The van der Waals surface area contributed by atoms with Crippen molar-refractivity contribution in [2.45, 2.75) is 13.3 Å². The molecule has 0 spiro atoms. The Bertz CT molecular complexity index is 644. The molecule has 0 heterocycles. The first kappa shape index (κ1) is 15.4. The normalized spacial score (nSPS) is 10.2. The second kappa shape index (κ2) is 7.13. The molecule has 21 heavy (non-hydrogen) atoms. The third-order valence-electron chi connectivity index (χ3n) is 3.04. The summed E-state index contributed by atoms with van der Waals surface area (Å²) < 4.78 is 1.03. The number of aromatic hydroxyl groups is 1. The maximum absolute atomic E-state index is 11.8. The summed E-state index contributed by atoms with van der Waals surface area (Å²) in [4.78, 5) is 11.8. The number of hydrogen-bond donors (Lipinski definition) is 3. The molecular formula is C16H17BrN2O2. The van der Waals surface area contributed by atoms with E-state index in [4.69, 9.17) is 0 Å². The first-order valence-electron chi connectivity index (χ1n) is 6.64. The average Bonchev–Trinajstić information content (AvgIpc) is 2.45. The zero-order valence-electron chi connectivity index (χ0n) is 11.7. The van der Waals surface area contributed by atoms with Crippen molar-refractivity contribution >= 4 is 27.6 Å². The molecule has 2 rings (SSSR count). The number of aryl methyl sites for hydroxylation is 1. The number of halogens is 1. The topological polar surface area (TPSA) is 61.4 Å². The van der Waals surface area contributed by atoms with Gasteiger partial charge in [0.2, 0.25) is 0 Å². The summed E-state index contributed by atoms with van der Waals surface area (Å²) >= 11 is 3.47. The number of rotatable bonds is 4. The molecule has 0 atom stereocenters. The van der Waals surface area contributed by atoms with E-state index in [2.05, 4.69) is 26.6 Å². The minimum Gasteiger partial charge on any atom is -0.506 e. The molecule has 0 aliphatic rings. The highest BCUT2D eigenvalue weighted by molar-refractivity contribution is 9.10. The number of benzene rings is 2. The van der Waals surface area contributed by atoms with E-state index >= 15 is 0 Å². The molecule has 2 amide bonds. The van der Waals surface area contributed by atoms with Crippen molar-refractivity contribution in [2.75, 3.05) is 11.9 Å². The molecular weight excluding hydrogens is 332 g/mol. The minimum atomic E-state index is -0.331. The lowest BCUT2D eigenvalue weighted by atomic mass is 10.1. The first-order chi connectivity index (χ1) is 10.1. The van der Waals surface area contributed by atoms with Gasteiger partial charge in [-0.2, -0.15) is 0 Å². The molecule has 110 valence electrons. The van der Waals surface area contributed by atoms with E-state index < -0.39 is 0 Å². The maximum atomic E-state index is 11.8. The number of urea groups is 1. The van der Waals surface area contributed by atoms with Crippen molar-refractivity contribution in [2.24, 2.45) is 0 Å². The van der Waals surface area contributed by atoms with Gasteiger partial charge in [-0.25, -0.2) is 4.79 Å². The largest absolute Gasteiger partial charge is 0.506 e. The predicted octanol–water partition coefficient (Wildman–Crippen LogP) is 3.83. The van der Waals surface area contributed by atoms with Gasteiger partial charge < -0.3 is 15.7 Å². The molecule has 0 saturated carbocycles. The lowest BCUT2D eigenvalue weighted by molar-refractivity contribution is 0.252. The average molecular weight is 349 g/mol. The second-order valence-corrected chi connectivity index (χ2v) is 5.60. The van der Waals surface area contributed by atoms with Crippen LogP contribution in [-0.2, 0) is 6.42 Å². The van der Waals surface area contributed by atoms with E-state index in [9.17, 15) is 9.90 Å². The molecule has 4 nitrogen and oxygen atoms in total. The van der Waals surface area contributed by atoms with Crippen LogP contribution in [0.3, 0.4) is 0 Å². The van der Waals surface area contributed by atoms with Gasteiger partial charge >= 0.3 is 6.03 Å². The zero-order valence-corrected chi connectivity index (χ0v) is 13.3. The molecule has 0 saturated heterocycles. The Morgan fingerprint density at radius 2 is 2.00 bits per heavy atom. The fraction of sp³-hybridized carbons (Fsp3) is 0.188. The van der Waals surface area contributed by atoms with E-state index in [0.29, 0.717) is 12.2 Å². The van der Waals surface area contributed by atoms with Gasteiger partial charge in [0.1, 0.15) is 5.75 Å². The third-order valence-corrected chi connectivity index (χ3v) is 3.81. The summed E-state index contributed by atoms with van der Waals surface area (Å²) in [7, 11) is 0. The van der Waals surface area contributed by atoms with Crippen molar-refractivity contribution < 1.29 is 9.90 Å². The van der Waals surface area contributed by atoms with E-state index in [1.165, 1.54) is 0 Å². The highest BCUT2D eigenvalue weighted by Crippen LogP contribution is 2.23. The number of hydrogen-bond acceptors (Lipinski definition) is 2. The van der Waals surface area contributed by atoms with Crippen molar-refractivity contribution in [3.05, 3.63) is 58.1 Å².